The molecule has 0 amide bonds. The van der Waals surface area contributed by atoms with Crippen LogP contribution < -0.4 is 5.73 Å². The van der Waals surface area contributed by atoms with Crippen molar-refractivity contribution in [3.63, 3.8) is 0 Å². The molecule has 0 unspecified atom stereocenters. The molecule has 1 atom stereocenters. The summed E-state index contributed by atoms with van der Waals surface area (Å²) in [7, 11) is 0. The maximum absolute atomic E-state index is 9.57. The number of anilines is 1. The lowest BCUT2D eigenvalue weighted by atomic mass is 9.89. The van der Waals surface area contributed by atoms with Crippen molar-refractivity contribution in [2.45, 2.75) is 58.0 Å². The summed E-state index contributed by atoms with van der Waals surface area (Å²) in [6.45, 7) is 5.86. The van der Waals surface area contributed by atoms with Gasteiger partial charge in [-0.15, -0.1) is 0 Å². The Morgan fingerprint density at radius 2 is 2.23 bits per heavy atom. The van der Waals surface area contributed by atoms with Crippen molar-refractivity contribution in [1.82, 2.24) is 4.57 Å². The Morgan fingerprint density at radius 1 is 1.45 bits per heavy atom. The van der Waals surface area contributed by atoms with E-state index < -0.39 is 0 Å². The molecule has 2 aliphatic heterocycles. The lowest BCUT2D eigenvalue weighted by Crippen LogP contribution is -2.34. The molecular weight excluding hydrogens is 298 g/mol. The molecule has 0 aliphatic carbocycles. The lowest BCUT2D eigenvalue weighted by Gasteiger charge is -2.33. The molecule has 0 bridgehead atoms. The zero-order valence-corrected chi connectivity index (χ0v) is 13.8. The van der Waals surface area contributed by atoms with Crippen LogP contribution in [0.25, 0.3) is 0 Å². The fourth-order valence-electron chi connectivity index (χ4n) is 3.23. The highest BCUT2D eigenvalue weighted by molar-refractivity contribution is 7.71. The standard InChI is InChI=1S/C16H21N3O2S/c1-16(2)6-11-12(7-17)14(18)19(8-10-4-3-5-20-10)15(22)13(11)9-21-16/h10H,3-6,8-9,18H2,1-2H3/t10-/m1/s1. The molecule has 3 rings (SSSR count). The highest BCUT2D eigenvalue weighted by Crippen LogP contribution is 2.34. The fourth-order valence-corrected chi connectivity index (χ4v) is 3.58. The summed E-state index contributed by atoms with van der Waals surface area (Å²) in [4.78, 5) is 0. The molecule has 1 aromatic heterocycles. The lowest BCUT2D eigenvalue weighted by molar-refractivity contribution is -0.0407. The summed E-state index contributed by atoms with van der Waals surface area (Å²) in [5.74, 6) is 0.458. The fraction of sp³-hybridized carbons (Fsp3) is 0.625. The molecule has 1 saturated heterocycles. The van der Waals surface area contributed by atoms with E-state index >= 15 is 0 Å². The van der Waals surface area contributed by atoms with Crippen molar-refractivity contribution in [3.8, 4) is 6.07 Å². The number of nitrogens with two attached hydrogens (primary N) is 1. The number of aromatic nitrogens is 1. The van der Waals surface area contributed by atoms with E-state index in [1.54, 1.807) is 0 Å². The predicted octanol–water partition coefficient (Wildman–Crippen LogP) is 2.70. The second-order valence-corrected chi connectivity index (χ2v) is 6.99. The highest BCUT2D eigenvalue weighted by atomic mass is 32.1. The summed E-state index contributed by atoms with van der Waals surface area (Å²) in [6, 6.07) is 2.27. The molecule has 6 heteroatoms. The second-order valence-electron chi connectivity index (χ2n) is 6.61. The quantitative estimate of drug-likeness (QED) is 0.849. The van der Waals surface area contributed by atoms with E-state index in [1.165, 1.54) is 0 Å². The van der Waals surface area contributed by atoms with Gasteiger partial charge in [-0.2, -0.15) is 5.26 Å². The Hall–Kier alpha value is -1.42. The predicted molar refractivity (Wildman–Crippen MR) is 85.9 cm³/mol. The maximum atomic E-state index is 9.57. The number of ether oxygens (including phenoxy) is 2. The van der Waals surface area contributed by atoms with Crippen LogP contribution in [0.5, 0.6) is 0 Å². The average Bonchev–Trinajstić information content (AvgIpc) is 2.96. The third kappa shape index (κ3) is 2.65. The summed E-state index contributed by atoms with van der Waals surface area (Å²) in [5, 5.41) is 9.57. The van der Waals surface area contributed by atoms with Gasteiger partial charge >= 0.3 is 0 Å². The van der Waals surface area contributed by atoms with Crippen LogP contribution in [0.3, 0.4) is 0 Å². The maximum Gasteiger partial charge on any atom is 0.122 e. The number of hydrogen-bond donors (Lipinski definition) is 1. The van der Waals surface area contributed by atoms with Gasteiger partial charge in [-0.1, -0.05) is 12.2 Å². The Kier molecular flexibility index (Phi) is 3.98. The molecule has 2 aliphatic rings. The minimum Gasteiger partial charge on any atom is -0.384 e. The Labute approximate surface area is 135 Å². The molecule has 3 heterocycles. The van der Waals surface area contributed by atoms with Gasteiger partial charge in [0.25, 0.3) is 0 Å². The van der Waals surface area contributed by atoms with Gasteiger partial charge in [-0.05, 0) is 32.3 Å². The van der Waals surface area contributed by atoms with E-state index in [0.717, 1.165) is 30.6 Å². The van der Waals surface area contributed by atoms with Gasteiger partial charge in [0, 0.05) is 18.6 Å². The average molecular weight is 319 g/mol. The first-order valence-corrected chi connectivity index (χ1v) is 8.03. The van der Waals surface area contributed by atoms with E-state index in [1.807, 2.05) is 18.4 Å². The third-order valence-electron chi connectivity index (χ3n) is 4.45. The van der Waals surface area contributed by atoms with Crippen LogP contribution in [0, 0.1) is 16.0 Å². The summed E-state index contributed by atoms with van der Waals surface area (Å²) < 4.78 is 14.1. The molecule has 118 valence electrons. The Balaban J connectivity index is 2.10. The van der Waals surface area contributed by atoms with Crippen molar-refractivity contribution in [3.05, 3.63) is 21.3 Å². The molecule has 0 radical (unpaired) electrons. The van der Waals surface area contributed by atoms with Crippen LogP contribution in [0.15, 0.2) is 0 Å². The molecule has 0 aromatic carbocycles. The van der Waals surface area contributed by atoms with Crippen molar-refractivity contribution >= 4 is 18.0 Å². The van der Waals surface area contributed by atoms with Gasteiger partial charge in [-0.25, -0.2) is 0 Å². The minimum absolute atomic E-state index is 0.125. The number of pyridine rings is 1. The number of nitriles is 1. The zero-order chi connectivity index (χ0) is 15.9. The van der Waals surface area contributed by atoms with E-state index in [2.05, 4.69) is 6.07 Å². The van der Waals surface area contributed by atoms with Crippen molar-refractivity contribution in [1.29, 1.82) is 5.26 Å². The first kappa shape index (κ1) is 15.5. The Bertz CT molecular complexity index is 697. The molecule has 5 nitrogen and oxygen atoms in total. The van der Waals surface area contributed by atoms with Gasteiger partial charge in [0.05, 0.1) is 30.4 Å². The third-order valence-corrected chi connectivity index (χ3v) is 4.91. The summed E-state index contributed by atoms with van der Waals surface area (Å²) in [6.07, 6.45) is 2.84. The van der Waals surface area contributed by atoms with E-state index in [4.69, 9.17) is 27.4 Å². The van der Waals surface area contributed by atoms with Crippen LogP contribution in [0.1, 0.15) is 43.4 Å². The second kappa shape index (κ2) is 5.65. The van der Waals surface area contributed by atoms with Gasteiger partial charge in [0.2, 0.25) is 0 Å². The van der Waals surface area contributed by atoms with E-state index in [9.17, 15) is 5.26 Å². The SMILES string of the molecule is CC1(C)Cc2c(C#N)c(N)n(C[C@H]3CCCO3)c(=S)c2CO1. The number of hydrogen-bond acceptors (Lipinski definition) is 5. The van der Waals surface area contributed by atoms with Crippen molar-refractivity contribution in [2.24, 2.45) is 0 Å². The van der Waals surface area contributed by atoms with Gasteiger partial charge < -0.3 is 19.8 Å². The number of fused-ring (bicyclic) bond motifs is 1. The normalized spacial score (nSPS) is 23.0. The first-order valence-electron chi connectivity index (χ1n) is 7.62. The minimum atomic E-state index is -0.298. The topological polar surface area (TPSA) is 73.2 Å². The van der Waals surface area contributed by atoms with Crippen LogP contribution in [-0.2, 0) is 29.0 Å². The van der Waals surface area contributed by atoms with Crippen LogP contribution in [0.2, 0.25) is 0 Å². The van der Waals surface area contributed by atoms with Crippen LogP contribution in [-0.4, -0.2) is 22.9 Å². The first-order chi connectivity index (χ1) is 10.4. The van der Waals surface area contributed by atoms with E-state index in [0.29, 0.717) is 35.6 Å². The molecule has 1 fully saturated rings. The van der Waals surface area contributed by atoms with Crippen LogP contribution in [0.4, 0.5) is 5.82 Å². The smallest absolute Gasteiger partial charge is 0.122 e. The molecule has 2 N–H and O–H groups in total. The molecule has 22 heavy (non-hydrogen) atoms. The van der Waals surface area contributed by atoms with Gasteiger partial charge in [-0.3, -0.25) is 0 Å². The Morgan fingerprint density at radius 3 is 2.86 bits per heavy atom. The number of nitrogen functional groups attached to an aromatic ring is 1. The monoisotopic (exact) mass is 319 g/mol. The number of rotatable bonds is 2. The molecule has 1 aromatic rings. The van der Waals surface area contributed by atoms with Crippen molar-refractivity contribution in [2.75, 3.05) is 12.3 Å². The number of nitrogens with zero attached hydrogens (tertiary/aromatic N) is 2. The summed E-state index contributed by atoms with van der Waals surface area (Å²) in [5.41, 5.74) is 8.38. The largest absolute Gasteiger partial charge is 0.384 e. The zero-order valence-electron chi connectivity index (χ0n) is 13.0. The van der Waals surface area contributed by atoms with E-state index in [-0.39, 0.29) is 11.7 Å². The molecule has 0 saturated carbocycles. The van der Waals surface area contributed by atoms with Gasteiger partial charge in [0.15, 0.2) is 0 Å². The molecular formula is C16H21N3O2S. The van der Waals surface area contributed by atoms with Gasteiger partial charge in [0.1, 0.15) is 16.5 Å². The highest BCUT2D eigenvalue weighted by Gasteiger charge is 2.31. The van der Waals surface area contributed by atoms with Crippen molar-refractivity contribution < 1.29 is 9.47 Å². The summed E-state index contributed by atoms with van der Waals surface area (Å²) >= 11 is 5.62. The molecule has 0 spiro atoms. The van der Waals surface area contributed by atoms with Crippen LogP contribution >= 0.6 is 12.2 Å².